The predicted molar refractivity (Wildman–Crippen MR) is 104 cm³/mol. The van der Waals surface area contributed by atoms with Crippen LogP contribution >= 0.6 is 0 Å². The van der Waals surface area contributed by atoms with Gasteiger partial charge in [-0.2, -0.15) is 0 Å². The fourth-order valence-electron chi connectivity index (χ4n) is 2.49. The molecule has 0 aromatic heterocycles. The minimum atomic E-state index is -2.28. The van der Waals surface area contributed by atoms with E-state index in [1.54, 1.807) is 0 Å². The Labute approximate surface area is 151 Å². The van der Waals surface area contributed by atoms with Gasteiger partial charge in [-0.05, 0) is 0 Å². The SMILES string of the molecule is CC1(C)OB(/C=[C](/COCc2ccccc2)[Sn]([CH3])([CH3])[CH3])OC1(C)C. The summed E-state index contributed by atoms with van der Waals surface area (Å²) in [6.45, 7) is 9.67. The Balaban J connectivity index is 2.04. The van der Waals surface area contributed by atoms with Crippen molar-refractivity contribution in [2.45, 2.75) is 60.3 Å². The zero-order valence-electron chi connectivity index (χ0n) is 16.2. The van der Waals surface area contributed by atoms with Gasteiger partial charge in [-0.15, -0.1) is 0 Å². The van der Waals surface area contributed by atoms with Crippen LogP contribution in [-0.2, 0) is 20.7 Å². The first kappa shape index (κ1) is 20.0. The fraction of sp³-hybridized carbons (Fsp3) is 0.579. The summed E-state index contributed by atoms with van der Waals surface area (Å²) in [4.78, 5) is 7.20. The monoisotopic (exact) mass is 438 g/mol. The fourth-order valence-corrected chi connectivity index (χ4v) is 5.83. The van der Waals surface area contributed by atoms with Crippen LogP contribution in [0.5, 0.6) is 0 Å². The molecule has 2 rings (SSSR count). The normalized spacial score (nSPS) is 20.5. The second kappa shape index (κ2) is 7.52. The van der Waals surface area contributed by atoms with E-state index in [0.29, 0.717) is 13.2 Å². The van der Waals surface area contributed by atoms with E-state index in [9.17, 15) is 0 Å². The van der Waals surface area contributed by atoms with Crippen LogP contribution < -0.4 is 0 Å². The molecule has 1 saturated heterocycles. The third-order valence-corrected chi connectivity index (χ3v) is 11.3. The van der Waals surface area contributed by atoms with Crippen LogP contribution in [0.25, 0.3) is 0 Å². The molecule has 0 bridgehead atoms. The van der Waals surface area contributed by atoms with Gasteiger partial charge in [0.1, 0.15) is 0 Å². The van der Waals surface area contributed by atoms with Gasteiger partial charge in [0.25, 0.3) is 0 Å². The zero-order valence-corrected chi connectivity index (χ0v) is 19.0. The van der Waals surface area contributed by atoms with Gasteiger partial charge < -0.3 is 0 Å². The molecule has 0 saturated carbocycles. The van der Waals surface area contributed by atoms with Gasteiger partial charge in [-0.25, -0.2) is 0 Å². The predicted octanol–water partition coefficient (Wildman–Crippen LogP) is 4.64. The van der Waals surface area contributed by atoms with E-state index in [1.165, 1.54) is 9.15 Å². The molecule has 0 unspecified atom stereocenters. The number of hydrogen-bond donors (Lipinski definition) is 0. The average Bonchev–Trinajstić information content (AvgIpc) is 2.65. The maximum atomic E-state index is 6.13. The third-order valence-electron chi connectivity index (χ3n) is 4.94. The van der Waals surface area contributed by atoms with E-state index in [4.69, 9.17) is 14.0 Å². The summed E-state index contributed by atoms with van der Waals surface area (Å²) in [7, 11) is -0.277. The molecule has 1 aromatic rings. The molecule has 24 heavy (non-hydrogen) atoms. The van der Waals surface area contributed by atoms with Crippen LogP contribution in [0.4, 0.5) is 0 Å². The van der Waals surface area contributed by atoms with Crippen LogP contribution in [-0.4, -0.2) is 43.3 Å². The van der Waals surface area contributed by atoms with E-state index < -0.39 is 18.4 Å². The number of rotatable bonds is 6. The van der Waals surface area contributed by atoms with E-state index in [1.807, 2.05) is 18.2 Å². The third kappa shape index (κ3) is 5.10. The van der Waals surface area contributed by atoms with E-state index in [0.717, 1.165) is 0 Å². The minimum absolute atomic E-state index is 0.277. The molecule has 0 amide bonds. The Bertz CT molecular complexity index is 560. The summed E-state index contributed by atoms with van der Waals surface area (Å²) >= 11 is -2.28. The van der Waals surface area contributed by atoms with Gasteiger partial charge in [0.05, 0.1) is 0 Å². The molecule has 0 atom stereocenters. The topological polar surface area (TPSA) is 27.7 Å². The first-order chi connectivity index (χ1) is 11.0. The van der Waals surface area contributed by atoms with Crippen molar-refractivity contribution in [3.63, 3.8) is 0 Å². The molecule has 5 heteroatoms. The molecule has 0 N–H and O–H groups in total. The van der Waals surface area contributed by atoms with E-state index in [-0.39, 0.29) is 18.3 Å². The summed E-state index contributed by atoms with van der Waals surface area (Å²) in [5.74, 6) is 2.18. The van der Waals surface area contributed by atoms with Gasteiger partial charge in [0.15, 0.2) is 0 Å². The molecule has 0 radical (unpaired) electrons. The molecule has 1 aliphatic rings. The first-order valence-electron chi connectivity index (χ1n) is 8.70. The summed E-state index contributed by atoms with van der Waals surface area (Å²) < 4.78 is 19.7. The second-order valence-corrected chi connectivity index (χ2v) is 23.2. The van der Waals surface area contributed by atoms with Gasteiger partial charge in [-0.1, -0.05) is 0 Å². The van der Waals surface area contributed by atoms with Crippen molar-refractivity contribution in [2.75, 3.05) is 6.61 Å². The molecule has 132 valence electrons. The van der Waals surface area contributed by atoms with Crippen LogP contribution in [0.15, 0.2) is 39.9 Å². The molecule has 0 spiro atoms. The van der Waals surface area contributed by atoms with Crippen molar-refractivity contribution >= 4 is 25.5 Å². The standard InChI is InChI=1S/C16H22BO3.3CH3.Sn/c1-15(2)16(3,4)20-17(19-15)11-8-12-18-13-14-9-6-5-7-10-14;;;;/h5-7,9-11H,12-13H2,1-4H3;3*1H3;. The van der Waals surface area contributed by atoms with Crippen molar-refractivity contribution < 1.29 is 14.0 Å². The molecule has 1 heterocycles. The zero-order chi connectivity index (χ0) is 18.0. The van der Waals surface area contributed by atoms with Gasteiger partial charge in [0, 0.05) is 0 Å². The van der Waals surface area contributed by atoms with Crippen molar-refractivity contribution in [2.24, 2.45) is 0 Å². The van der Waals surface area contributed by atoms with Crippen LogP contribution in [0.3, 0.4) is 0 Å². The summed E-state index contributed by atoms with van der Waals surface area (Å²) in [5.41, 5.74) is 0.617. The molecule has 1 fully saturated rings. The van der Waals surface area contributed by atoms with Crippen molar-refractivity contribution in [3.05, 3.63) is 45.5 Å². The Morgan fingerprint density at radius 3 is 2.08 bits per heavy atom. The van der Waals surface area contributed by atoms with Crippen molar-refractivity contribution in [1.82, 2.24) is 0 Å². The van der Waals surface area contributed by atoms with Gasteiger partial charge >= 0.3 is 152 Å². The summed E-state index contributed by atoms with van der Waals surface area (Å²) in [6.07, 6.45) is 0. The van der Waals surface area contributed by atoms with Crippen LogP contribution in [0, 0.1) is 0 Å². The van der Waals surface area contributed by atoms with E-state index >= 15 is 0 Å². The number of hydrogen-bond acceptors (Lipinski definition) is 3. The average molecular weight is 437 g/mol. The molecular weight excluding hydrogens is 406 g/mol. The molecule has 3 nitrogen and oxygen atoms in total. The summed E-state index contributed by atoms with van der Waals surface area (Å²) in [5, 5.41) is 0. The quantitative estimate of drug-likeness (QED) is 0.608. The van der Waals surface area contributed by atoms with Crippen LogP contribution in [0.1, 0.15) is 33.3 Å². The second-order valence-electron chi connectivity index (χ2n) is 8.55. The molecular formula is C19H31BO3Sn. The Hall–Kier alpha value is -0.296. The maximum absolute atomic E-state index is 6.13. The van der Waals surface area contributed by atoms with Gasteiger partial charge in [0.2, 0.25) is 0 Å². The van der Waals surface area contributed by atoms with E-state index in [2.05, 4.69) is 60.6 Å². The first-order valence-corrected chi connectivity index (χ1v) is 18.7. The van der Waals surface area contributed by atoms with Crippen LogP contribution in [0.2, 0.25) is 14.8 Å². The Morgan fingerprint density at radius 2 is 1.58 bits per heavy atom. The van der Waals surface area contributed by atoms with Crippen molar-refractivity contribution in [3.8, 4) is 0 Å². The molecule has 1 aromatic carbocycles. The summed E-state index contributed by atoms with van der Waals surface area (Å²) in [6, 6.07) is 10.3. The molecule has 0 aliphatic carbocycles. The Kier molecular flexibility index (Phi) is 6.28. The van der Waals surface area contributed by atoms with Crippen molar-refractivity contribution in [1.29, 1.82) is 0 Å². The molecule has 1 aliphatic heterocycles. The number of ether oxygens (including phenoxy) is 1. The van der Waals surface area contributed by atoms with Gasteiger partial charge in [-0.3, -0.25) is 0 Å². The number of benzene rings is 1. The Morgan fingerprint density at radius 1 is 1.04 bits per heavy atom.